The first-order valence-electron chi connectivity index (χ1n) is 9.46. The summed E-state index contributed by atoms with van der Waals surface area (Å²) < 4.78 is 0. The molecule has 7 heteroatoms. The van der Waals surface area contributed by atoms with Crippen molar-refractivity contribution in [2.45, 2.75) is 45.1 Å². The van der Waals surface area contributed by atoms with E-state index in [1.54, 1.807) is 35.7 Å². The molecule has 146 valence electrons. The summed E-state index contributed by atoms with van der Waals surface area (Å²) in [7, 11) is 0. The van der Waals surface area contributed by atoms with E-state index in [0.717, 1.165) is 31.2 Å². The second-order valence-corrected chi connectivity index (χ2v) is 8.43. The molecule has 2 atom stereocenters. The number of nitrogens with one attached hydrogen (secondary N) is 1. The highest BCUT2D eigenvalue weighted by atomic mass is 32.2. The Bertz CT molecular complexity index is 700. The molecule has 1 aromatic carbocycles. The minimum atomic E-state index is -0.821. The molecule has 2 aliphatic rings. The van der Waals surface area contributed by atoms with E-state index in [1.165, 1.54) is 0 Å². The van der Waals surface area contributed by atoms with E-state index in [1.807, 2.05) is 12.1 Å². The fourth-order valence-corrected chi connectivity index (χ4v) is 4.84. The van der Waals surface area contributed by atoms with Crippen LogP contribution in [0.3, 0.4) is 0 Å². The first-order valence-corrected chi connectivity index (χ1v) is 10.6. The smallest absolute Gasteiger partial charge is 0.306 e. The number of hydrogen-bond acceptors (Lipinski definition) is 4. The number of hydrogen-bond donors (Lipinski definition) is 2. The van der Waals surface area contributed by atoms with Crippen LogP contribution in [0, 0.1) is 11.8 Å². The van der Waals surface area contributed by atoms with E-state index >= 15 is 0 Å². The molecule has 6 nitrogen and oxygen atoms in total. The van der Waals surface area contributed by atoms with Gasteiger partial charge in [-0.3, -0.25) is 14.4 Å². The van der Waals surface area contributed by atoms with E-state index in [0.29, 0.717) is 23.7 Å². The normalized spacial score (nSPS) is 21.2. The average molecular weight is 391 g/mol. The van der Waals surface area contributed by atoms with Crippen molar-refractivity contribution >= 4 is 35.2 Å². The molecule has 1 heterocycles. The van der Waals surface area contributed by atoms with E-state index in [4.69, 9.17) is 5.11 Å². The molecular weight excluding hydrogens is 364 g/mol. The topological polar surface area (TPSA) is 86.7 Å². The van der Waals surface area contributed by atoms with Crippen LogP contribution in [0.15, 0.2) is 24.3 Å². The van der Waals surface area contributed by atoms with E-state index < -0.39 is 17.9 Å². The van der Waals surface area contributed by atoms with Gasteiger partial charge in [-0.05, 0) is 37.0 Å². The molecular formula is C20H26N2O4S. The number of amides is 2. The van der Waals surface area contributed by atoms with Gasteiger partial charge in [-0.15, -0.1) is 11.8 Å². The van der Waals surface area contributed by atoms with Crippen molar-refractivity contribution in [2.75, 3.05) is 16.9 Å². The predicted octanol–water partition coefficient (Wildman–Crippen LogP) is 2.98. The summed E-state index contributed by atoms with van der Waals surface area (Å²) in [5.41, 5.74) is 1.58. The molecule has 0 bridgehead atoms. The Kier molecular flexibility index (Phi) is 6.42. The Hall–Kier alpha value is -2.02. The number of carboxylic acids is 1. The van der Waals surface area contributed by atoms with Crippen molar-refractivity contribution in [3.8, 4) is 0 Å². The van der Waals surface area contributed by atoms with Crippen molar-refractivity contribution in [2.24, 2.45) is 11.8 Å². The van der Waals surface area contributed by atoms with Gasteiger partial charge in [-0.1, -0.05) is 31.9 Å². The Morgan fingerprint density at radius 1 is 1.22 bits per heavy atom. The first kappa shape index (κ1) is 19.7. The standard InChI is InChI=1S/C20H26N2O4S/c1-13(20(25)26)10-14-6-8-16(9-7-14)21-18(23)17-11-27-12-22(17)19(24)15-4-2-3-5-15/h6-9,13,15,17H,2-5,10-12H2,1H3,(H,21,23)(H,25,26). The van der Waals surface area contributed by atoms with Gasteiger partial charge in [-0.25, -0.2) is 0 Å². The molecule has 27 heavy (non-hydrogen) atoms. The fraction of sp³-hybridized carbons (Fsp3) is 0.550. The Labute approximate surface area is 163 Å². The monoisotopic (exact) mass is 390 g/mol. The average Bonchev–Trinajstić information content (AvgIpc) is 3.34. The third kappa shape index (κ3) is 4.83. The van der Waals surface area contributed by atoms with Crippen molar-refractivity contribution in [3.05, 3.63) is 29.8 Å². The molecule has 1 aromatic rings. The van der Waals surface area contributed by atoms with Gasteiger partial charge in [0.05, 0.1) is 11.8 Å². The molecule has 2 unspecified atom stereocenters. The number of thioether (sulfide) groups is 1. The highest BCUT2D eigenvalue weighted by Gasteiger charge is 2.38. The lowest BCUT2D eigenvalue weighted by molar-refractivity contribution is -0.141. The van der Waals surface area contributed by atoms with Crippen LogP contribution in [0.4, 0.5) is 5.69 Å². The van der Waals surface area contributed by atoms with Crippen LogP contribution < -0.4 is 5.32 Å². The SMILES string of the molecule is CC(Cc1ccc(NC(=O)C2CSCN2C(=O)C2CCCC2)cc1)C(=O)O. The minimum absolute atomic E-state index is 0.0782. The highest BCUT2D eigenvalue weighted by molar-refractivity contribution is 7.99. The third-order valence-electron chi connectivity index (χ3n) is 5.36. The summed E-state index contributed by atoms with van der Waals surface area (Å²) in [6.45, 7) is 1.67. The van der Waals surface area contributed by atoms with Crippen LogP contribution in [0.2, 0.25) is 0 Å². The number of carboxylic acid groups (broad SMARTS) is 1. The largest absolute Gasteiger partial charge is 0.481 e. The fourth-order valence-electron chi connectivity index (χ4n) is 3.67. The molecule has 2 fully saturated rings. The van der Waals surface area contributed by atoms with E-state index in [9.17, 15) is 14.4 Å². The van der Waals surface area contributed by atoms with Gasteiger partial charge in [0, 0.05) is 17.4 Å². The molecule has 2 N–H and O–H groups in total. The van der Waals surface area contributed by atoms with Crippen molar-refractivity contribution in [3.63, 3.8) is 0 Å². The number of rotatable bonds is 6. The molecule has 1 saturated heterocycles. The Morgan fingerprint density at radius 3 is 2.52 bits per heavy atom. The molecule has 0 spiro atoms. The van der Waals surface area contributed by atoms with Gasteiger partial charge in [0.1, 0.15) is 6.04 Å². The lowest BCUT2D eigenvalue weighted by Crippen LogP contribution is -2.46. The van der Waals surface area contributed by atoms with Gasteiger partial charge in [0.15, 0.2) is 0 Å². The second kappa shape index (κ2) is 8.78. The number of carbonyl (C=O) groups is 3. The summed E-state index contributed by atoms with van der Waals surface area (Å²) in [5.74, 6) is -0.0183. The van der Waals surface area contributed by atoms with Crippen LogP contribution in [-0.4, -0.2) is 45.5 Å². The maximum Gasteiger partial charge on any atom is 0.306 e. The third-order valence-corrected chi connectivity index (χ3v) is 6.37. The van der Waals surface area contributed by atoms with Gasteiger partial charge in [0.25, 0.3) is 0 Å². The minimum Gasteiger partial charge on any atom is -0.481 e. The number of anilines is 1. The van der Waals surface area contributed by atoms with Crippen LogP contribution in [0.5, 0.6) is 0 Å². The summed E-state index contributed by atoms with van der Waals surface area (Å²) in [4.78, 5) is 38.1. The van der Waals surface area contributed by atoms with Crippen molar-refractivity contribution in [1.82, 2.24) is 4.90 Å². The maximum atomic E-state index is 12.7. The zero-order valence-corrected chi connectivity index (χ0v) is 16.3. The van der Waals surface area contributed by atoms with Gasteiger partial charge in [0.2, 0.25) is 11.8 Å². The lowest BCUT2D eigenvalue weighted by Gasteiger charge is -2.25. The van der Waals surface area contributed by atoms with Crippen LogP contribution in [0.25, 0.3) is 0 Å². The van der Waals surface area contributed by atoms with E-state index in [-0.39, 0.29) is 17.7 Å². The highest BCUT2D eigenvalue weighted by Crippen LogP contribution is 2.31. The summed E-state index contributed by atoms with van der Waals surface area (Å²) >= 11 is 1.62. The van der Waals surface area contributed by atoms with Crippen LogP contribution >= 0.6 is 11.8 Å². The molecule has 3 rings (SSSR count). The number of carbonyl (C=O) groups excluding carboxylic acids is 2. The van der Waals surface area contributed by atoms with Crippen LogP contribution in [-0.2, 0) is 20.8 Å². The first-order chi connectivity index (χ1) is 13.0. The zero-order chi connectivity index (χ0) is 19.4. The summed E-state index contributed by atoms with van der Waals surface area (Å²) in [5, 5.41) is 11.9. The van der Waals surface area contributed by atoms with Crippen molar-refractivity contribution < 1.29 is 19.5 Å². The van der Waals surface area contributed by atoms with Gasteiger partial charge < -0.3 is 15.3 Å². The zero-order valence-electron chi connectivity index (χ0n) is 15.5. The second-order valence-electron chi connectivity index (χ2n) is 7.43. The molecule has 1 aliphatic heterocycles. The van der Waals surface area contributed by atoms with Crippen molar-refractivity contribution in [1.29, 1.82) is 0 Å². The number of aliphatic carboxylic acids is 1. The Morgan fingerprint density at radius 2 is 1.89 bits per heavy atom. The molecule has 0 radical (unpaired) electrons. The van der Waals surface area contributed by atoms with E-state index in [2.05, 4.69) is 5.32 Å². The summed E-state index contributed by atoms with van der Waals surface area (Å²) in [6.07, 6.45) is 4.52. The quantitative estimate of drug-likeness (QED) is 0.780. The lowest BCUT2D eigenvalue weighted by atomic mass is 10.0. The molecule has 1 saturated carbocycles. The molecule has 2 amide bonds. The Balaban J connectivity index is 1.59. The summed E-state index contributed by atoms with van der Waals surface area (Å²) in [6, 6.07) is 6.81. The van der Waals surface area contributed by atoms with Gasteiger partial charge in [-0.2, -0.15) is 0 Å². The van der Waals surface area contributed by atoms with Crippen LogP contribution in [0.1, 0.15) is 38.2 Å². The maximum absolute atomic E-state index is 12.7. The number of benzene rings is 1. The van der Waals surface area contributed by atoms with Gasteiger partial charge >= 0.3 is 5.97 Å². The molecule has 1 aliphatic carbocycles. The predicted molar refractivity (Wildman–Crippen MR) is 105 cm³/mol. The molecule has 0 aromatic heterocycles. The number of nitrogens with zero attached hydrogens (tertiary/aromatic N) is 1.